The molecule has 0 spiro atoms. The average Bonchev–Trinajstić information content (AvgIpc) is 2.99. The Morgan fingerprint density at radius 1 is 0.886 bits per heavy atom. The number of rotatable bonds is 13. The number of nitrogens with one attached hydrogen (secondary N) is 4. The summed E-state index contributed by atoms with van der Waals surface area (Å²) in [6, 6.07) is 18.6. The highest BCUT2D eigenvalue weighted by atomic mass is 16.3. The van der Waals surface area contributed by atoms with Gasteiger partial charge in [-0.15, -0.1) is 0 Å². The third-order valence-corrected chi connectivity index (χ3v) is 8.74. The molecule has 5 atom stereocenters. The predicted molar refractivity (Wildman–Crippen MR) is 173 cm³/mol. The van der Waals surface area contributed by atoms with E-state index in [9.17, 15) is 19.5 Å². The van der Waals surface area contributed by atoms with E-state index in [-0.39, 0.29) is 48.9 Å². The Labute approximate surface area is 262 Å². The lowest BCUT2D eigenvalue weighted by Gasteiger charge is -2.47. The molecule has 4 rings (SSSR count). The molecule has 0 radical (unpaired) electrons. The first kappa shape index (κ1) is 33.6. The first-order valence-electron chi connectivity index (χ1n) is 16.2. The summed E-state index contributed by atoms with van der Waals surface area (Å²) < 4.78 is 0. The second-order valence-electron chi connectivity index (χ2n) is 13.5. The zero-order valence-corrected chi connectivity index (χ0v) is 26.6. The van der Waals surface area contributed by atoms with E-state index in [0.29, 0.717) is 24.8 Å². The van der Waals surface area contributed by atoms with Crippen molar-refractivity contribution in [1.29, 1.82) is 0 Å². The van der Waals surface area contributed by atoms with Gasteiger partial charge >= 0.3 is 0 Å². The Morgan fingerprint density at radius 3 is 2.18 bits per heavy atom. The van der Waals surface area contributed by atoms with Gasteiger partial charge in [0.2, 0.25) is 17.7 Å². The van der Waals surface area contributed by atoms with Crippen molar-refractivity contribution in [2.24, 2.45) is 11.8 Å². The first-order valence-corrected chi connectivity index (χ1v) is 16.2. The van der Waals surface area contributed by atoms with Crippen LogP contribution in [0.2, 0.25) is 0 Å². The summed E-state index contributed by atoms with van der Waals surface area (Å²) in [5.41, 5.74) is 1.71. The Kier molecular flexibility index (Phi) is 12.3. The molecule has 44 heavy (non-hydrogen) atoms. The van der Waals surface area contributed by atoms with Gasteiger partial charge in [0.1, 0.15) is 0 Å². The van der Waals surface area contributed by atoms with Gasteiger partial charge in [0.05, 0.1) is 31.3 Å². The van der Waals surface area contributed by atoms with Crippen LogP contribution in [-0.2, 0) is 27.3 Å². The Hall–Kier alpha value is -3.27. The molecule has 5 unspecified atom stereocenters. The molecule has 2 aliphatic rings. The molecule has 3 amide bonds. The lowest BCUT2D eigenvalue weighted by atomic mass is 9.72. The molecule has 1 aliphatic carbocycles. The Morgan fingerprint density at radius 2 is 1.52 bits per heavy atom. The number of amides is 3. The van der Waals surface area contributed by atoms with Gasteiger partial charge in [-0.05, 0) is 63.0 Å². The number of fused-ring (bicyclic) bond motifs is 1. The minimum absolute atomic E-state index is 0.000884. The van der Waals surface area contributed by atoms with E-state index in [0.717, 1.165) is 36.9 Å². The number of carbonyl (C=O) groups is 3. The van der Waals surface area contributed by atoms with Gasteiger partial charge < -0.3 is 26.4 Å². The maximum atomic E-state index is 13.5. The number of likely N-dealkylation sites (tertiary alicyclic amines) is 1. The van der Waals surface area contributed by atoms with Crippen molar-refractivity contribution in [2.75, 3.05) is 26.2 Å². The van der Waals surface area contributed by atoms with Crippen molar-refractivity contribution >= 4 is 17.7 Å². The van der Waals surface area contributed by atoms with Gasteiger partial charge in [-0.2, -0.15) is 0 Å². The number of aliphatic hydroxyl groups is 1. The molecule has 2 fully saturated rings. The van der Waals surface area contributed by atoms with Crippen LogP contribution >= 0.6 is 0 Å². The average molecular weight is 606 g/mol. The van der Waals surface area contributed by atoms with Crippen LogP contribution < -0.4 is 21.3 Å². The molecule has 1 saturated heterocycles. The van der Waals surface area contributed by atoms with Gasteiger partial charge in [-0.3, -0.25) is 19.3 Å². The number of nitrogens with zero attached hydrogens (tertiary/aromatic N) is 1. The number of piperidine rings is 1. The van der Waals surface area contributed by atoms with E-state index in [4.69, 9.17) is 0 Å². The molecule has 240 valence electrons. The second kappa shape index (κ2) is 16.2. The van der Waals surface area contributed by atoms with Gasteiger partial charge in [0, 0.05) is 25.2 Å². The van der Waals surface area contributed by atoms with Crippen molar-refractivity contribution in [2.45, 2.75) is 89.6 Å². The maximum absolute atomic E-state index is 13.5. The molecule has 9 heteroatoms. The summed E-state index contributed by atoms with van der Waals surface area (Å²) in [4.78, 5) is 41.0. The van der Waals surface area contributed by atoms with Crippen LogP contribution in [-0.4, -0.2) is 77.6 Å². The monoisotopic (exact) mass is 605 g/mol. The lowest BCUT2D eigenvalue weighted by Crippen LogP contribution is -2.60. The number of benzene rings is 2. The smallest absolute Gasteiger partial charge is 0.239 e. The summed E-state index contributed by atoms with van der Waals surface area (Å²) >= 11 is 0. The molecule has 9 nitrogen and oxygen atoms in total. The molecule has 1 aliphatic heterocycles. The molecule has 2 aromatic rings. The molecule has 0 bridgehead atoms. The van der Waals surface area contributed by atoms with Crippen molar-refractivity contribution in [3.05, 3.63) is 71.8 Å². The van der Waals surface area contributed by atoms with E-state index in [1.54, 1.807) is 0 Å². The number of hydrogen-bond donors (Lipinski definition) is 5. The SMILES string of the molecule is CC(C)(C)NC(=O)C1CC2CCCCC2CN1CC(O)C(Cc1ccccc1)NC(=O)CNC(=O)CNCc1ccccc1. The Bertz CT molecular complexity index is 1200. The van der Waals surface area contributed by atoms with Crippen LogP contribution in [0.1, 0.15) is 64.0 Å². The zero-order valence-electron chi connectivity index (χ0n) is 26.6. The molecular weight excluding hydrogens is 554 g/mol. The molecule has 5 N–H and O–H groups in total. The highest BCUT2D eigenvalue weighted by molar-refractivity contribution is 5.85. The van der Waals surface area contributed by atoms with Crippen molar-refractivity contribution < 1.29 is 19.5 Å². The van der Waals surface area contributed by atoms with Crippen LogP contribution in [0.5, 0.6) is 0 Å². The fourth-order valence-corrected chi connectivity index (χ4v) is 6.56. The minimum atomic E-state index is -0.910. The van der Waals surface area contributed by atoms with Crippen LogP contribution in [0.3, 0.4) is 0 Å². The lowest BCUT2D eigenvalue weighted by molar-refractivity contribution is -0.133. The fourth-order valence-electron chi connectivity index (χ4n) is 6.56. The summed E-state index contributed by atoms with van der Waals surface area (Å²) in [5, 5.41) is 23.5. The van der Waals surface area contributed by atoms with Crippen molar-refractivity contribution in [3.8, 4) is 0 Å². The second-order valence-corrected chi connectivity index (χ2v) is 13.5. The van der Waals surface area contributed by atoms with Crippen LogP contribution in [0, 0.1) is 11.8 Å². The van der Waals surface area contributed by atoms with E-state index in [1.165, 1.54) is 12.8 Å². The van der Waals surface area contributed by atoms with Crippen molar-refractivity contribution in [3.63, 3.8) is 0 Å². The molecule has 1 heterocycles. The number of aliphatic hydroxyl groups excluding tert-OH is 1. The van der Waals surface area contributed by atoms with Crippen LogP contribution in [0.25, 0.3) is 0 Å². The molecule has 0 aromatic heterocycles. The number of hydrogen-bond acceptors (Lipinski definition) is 6. The minimum Gasteiger partial charge on any atom is -0.390 e. The van der Waals surface area contributed by atoms with Crippen LogP contribution in [0.15, 0.2) is 60.7 Å². The maximum Gasteiger partial charge on any atom is 0.239 e. The first-order chi connectivity index (χ1) is 21.1. The highest BCUT2D eigenvalue weighted by Gasteiger charge is 2.41. The van der Waals surface area contributed by atoms with Gasteiger partial charge in [-0.1, -0.05) is 79.9 Å². The third kappa shape index (κ3) is 10.7. The van der Waals surface area contributed by atoms with Crippen molar-refractivity contribution in [1.82, 2.24) is 26.2 Å². The molecule has 1 saturated carbocycles. The van der Waals surface area contributed by atoms with E-state index in [2.05, 4.69) is 26.2 Å². The Balaban J connectivity index is 1.37. The summed E-state index contributed by atoms with van der Waals surface area (Å²) in [7, 11) is 0. The zero-order chi connectivity index (χ0) is 31.5. The van der Waals surface area contributed by atoms with Crippen LogP contribution in [0.4, 0.5) is 0 Å². The standard InChI is InChI=1S/C35H51N5O4/c1-35(2,3)39-34(44)30-19-27-16-10-11-17-28(27)23-40(30)24-31(41)29(18-25-12-6-4-7-13-25)38-33(43)22-37-32(42)21-36-20-26-14-8-5-9-15-26/h4-9,12-15,27-31,36,41H,10-11,16-24H2,1-3H3,(H,37,42)(H,38,43)(H,39,44). The van der Waals surface area contributed by atoms with E-state index < -0.39 is 12.1 Å². The quantitative estimate of drug-likeness (QED) is 0.239. The predicted octanol–water partition coefficient (Wildman–Crippen LogP) is 2.78. The fraction of sp³-hybridized carbons (Fsp3) is 0.571. The number of β-amino-alcohol motifs (C(OH)–C–C–N with tert-alkyl or cyclic N) is 1. The summed E-state index contributed by atoms with van der Waals surface area (Å²) in [6.07, 6.45) is 5.03. The number of carbonyl (C=O) groups excluding carboxylic acids is 3. The third-order valence-electron chi connectivity index (χ3n) is 8.74. The normalized spacial score (nSPS) is 21.9. The van der Waals surface area contributed by atoms with Gasteiger partial charge in [-0.25, -0.2) is 0 Å². The molecular formula is C35H51N5O4. The topological polar surface area (TPSA) is 123 Å². The molecule has 2 aromatic carbocycles. The van der Waals surface area contributed by atoms with E-state index >= 15 is 0 Å². The van der Waals surface area contributed by atoms with Gasteiger partial charge in [0.25, 0.3) is 0 Å². The summed E-state index contributed by atoms with van der Waals surface area (Å²) in [6.45, 7) is 7.46. The largest absolute Gasteiger partial charge is 0.390 e. The van der Waals surface area contributed by atoms with E-state index in [1.807, 2.05) is 81.4 Å². The summed E-state index contributed by atoms with van der Waals surface area (Å²) in [5.74, 6) is 0.399. The highest BCUT2D eigenvalue weighted by Crippen LogP contribution is 2.39. The van der Waals surface area contributed by atoms with Gasteiger partial charge in [0.15, 0.2) is 0 Å².